The van der Waals surface area contributed by atoms with Gasteiger partial charge in [-0.05, 0) is 25.5 Å². The highest BCUT2D eigenvalue weighted by Gasteiger charge is 2.11. The molecule has 0 fully saturated rings. The van der Waals surface area contributed by atoms with Gasteiger partial charge in [0.2, 0.25) is 0 Å². The minimum absolute atomic E-state index is 0.0788. The van der Waals surface area contributed by atoms with Crippen LogP contribution in [0.2, 0.25) is 0 Å². The van der Waals surface area contributed by atoms with Gasteiger partial charge in [0, 0.05) is 5.56 Å². The number of nitrogen functional groups attached to an aromatic ring is 1. The average Bonchev–Trinajstić information content (AvgIpc) is 2.17. The molecule has 0 aliphatic carbocycles. The third-order valence-electron chi connectivity index (χ3n) is 2.05. The minimum atomic E-state index is -0.546. The van der Waals surface area contributed by atoms with Crippen molar-refractivity contribution in [1.29, 1.82) is 5.41 Å². The van der Waals surface area contributed by atoms with Gasteiger partial charge in [0.1, 0.15) is 5.84 Å². The first kappa shape index (κ1) is 12.0. The van der Waals surface area contributed by atoms with E-state index in [2.05, 4.69) is 5.32 Å². The first-order valence-corrected chi connectivity index (χ1v) is 4.94. The van der Waals surface area contributed by atoms with Crippen LogP contribution in [0.25, 0.3) is 0 Å². The van der Waals surface area contributed by atoms with Crippen molar-refractivity contribution in [2.24, 2.45) is 5.73 Å². The number of nitrogens with two attached hydrogens (primary N) is 1. The third-order valence-corrected chi connectivity index (χ3v) is 2.05. The van der Waals surface area contributed by atoms with Gasteiger partial charge in [-0.3, -0.25) is 10.7 Å². The molecule has 0 unspecified atom stereocenters. The maximum Gasteiger partial charge on any atom is 0.411 e. The number of amidine groups is 1. The number of ether oxygens (including phenoxy) is 1. The van der Waals surface area contributed by atoms with Crippen molar-refractivity contribution in [3.8, 4) is 0 Å². The molecule has 0 spiro atoms. The quantitative estimate of drug-likeness (QED) is 0.537. The molecule has 0 heterocycles. The Bertz CT molecular complexity index is 416. The first-order chi connectivity index (χ1) is 7.56. The van der Waals surface area contributed by atoms with Crippen LogP contribution in [-0.2, 0) is 4.74 Å². The molecule has 0 aliphatic heterocycles. The van der Waals surface area contributed by atoms with Crippen LogP contribution in [-0.4, -0.2) is 18.5 Å². The molecule has 0 aliphatic rings. The topological polar surface area (TPSA) is 88.2 Å². The Kier molecular flexibility index (Phi) is 3.88. The highest BCUT2D eigenvalue weighted by Crippen LogP contribution is 2.18. The summed E-state index contributed by atoms with van der Waals surface area (Å²) in [5.41, 5.74) is 7.31. The fourth-order valence-corrected chi connectivity index (χ4v) is 1.41. The Morgan fingerprint density at radius 3 is 2.81 bits per heavy atom. The molecular formula is C11H15N3O2. The molecule has 4 N–H and O–H groups in total. The monoisotopic (exact) mass is 221 g/mol. The second-order valence-electron chi connectivity index (χ2n) is 3.26. The number of anilines is 1. The molecule has 5 nitrogen and oxygen atoms in total. The van der Waals surface area contributed by atoms with E-state index >= 15 is 0 Å². The van der Waals surface area contributed by atoms with Gasteiger partial charge in [0.15, 0.2) is 0 Å². The molecule has 0 saturated heterocycles. The van der Waals surface area contributed by atoms with E-state index in [1.54, 1.807) is 19.1 Å². The van der Waals surface area contributed by atoms with Gasteiger partial charge in [0.25, 0.3) is 0 Å². The van der Waals surface area contributed by atoms with Gasteiger partial charge in [0.05, 0.1) is 12.3 Å². The van der Waals surface area contributed by atoms with Crippen molar-refractivity contribution >= 4 is 17.6 Å². The minimum Gasteiger partial charge on any atom is -0.450 e. The Morgan fingerprint density at radius 1 is 1.56 bits per heavy atom. The van der Waals surface area contributed by atoms with Crippen LogP contribution in [0.4, 0.5) is 10.5 Å². The summed E-state index contributed by atoms with van der Waals surface area (Å²) >= 11 is 0. The van der Waals surface area contributed by atoms with E-state index in [1.807, 2.05) is 13.0 Å². The van der Waals surface area contributed by atoms with Crippen molar-refractivity contribution in [3.05, 3.63) is 29.3 Å². The maximum absolute atomic E-state index is 11.3. The van der Waals surface area contributed by atoms with Gasteiger partial charge in [-0.25, -0.2) is 4.79 Å². The highest BCUT2D eigenvalue weighted by molar-refractivity contribution is 6.04. The van der Waals surface area contributed by atoms with Gasteiger partial charge < -0.3 is 10.5 Å². The summed E-state index contributed by atoms with van der Waals surface area (Å²) in [4.78, 5) is 11.3. The normalized spacial score (nSPS) is 9.62. The lowest BCUT2D eigenvalue weighted by Crippen LogP contribution is -2.20. The fourth-order valence-electron chi connectivity index (χ4n) is 1.41. The SMILES string of the molecule is CCOC(=O)Nc1cccc(C)c1C(=N)N. The summed E-state index contributed by atoms with van der Waals surface area (Å²) in [6, 6.07) is 5.29. The van der Waals surface area contributed by atoms with E-state index in [1.165, 1.54) is 0 Å². The molecule has 1 rings (SSSR count). The molecule has 0 atom stereocenters. The Labute approximate surface area is 94.1 Å². The molecule has 16 heavy (non-hydrogen) atoms. The van der Waals surface area contributed by atoms with Crippen LogP contribution in [0.5, 0.6) is 0 Å². The Hall–Kier alpha value is -2.04. The number of hydrogen-bond acceptors (Lipinski definition) is 3. The lowest BCUT2D eigenvalue weighted by Gasteiger charge is -2.11. The van der Waals surface area contributed by atoms with Crippen molar-refractivity contribution < 1.29 is 9.53 Å². The number of rotatable bonds is 3. The van der Waals surface area contributed by atoms with Crippen LogP contribution >= 0.6 is 0 Å². The molecular weight excluding hydrogens is 206 g/mol. The van der Waals surface area contributed by atoms with E-state index in [-0.39, 0.29) is 5.84 Å². The standard InChI is InChI=1S/C11H15N3O2/c1-3-16-11(15)14-8-6-4-5-7(2)9(8)10(12)13/h4-6H,3H2,1-2H3,(H3,12,13)(H,14,15). The van der Waals surface area contributed by atoms with Gasteiger partial charge in [-0.15, -0.1) is 0 Å². The van der Waals surface area contributed by atoms with Crippen LogP contribution in [0.1, 0.15) is 18.1 Å². The summed E-state index contributed by atoms with van der Waals surface area (Å²) in [5, 5.41) is 10.0. The lowest BCUT2D eigenvalue weighted by atomic mass is 10.1. The van der Waals surface area contributed by atoms with Crippen LogP contribution in [0.15, 0.2) is 18.2 Å². The highest BCUT2D eigenvalue weighted by atomic mass is 16.5. The van der Waals surface area contributed by atoms with Crippen molar-refractivity contribution in [2.45, 2.75) is 13.8 Å². The van der Waals surface area contributed by atoms with Gasteiger partial charge in [-0.2, -0.15) is 0 Å². The average molecular weight is 221 g/mol. The molecule has 5 heteroatoms. The predicted molar refractivity (Wildman–Crippen MR) is 62.8 cm³/mol. The maximum atomic E-state index is 11.3. The molecule has 1 amide bonds. The second-order valence-corrected chi connectivity index (χ2v) is 3.26. The molecule has 0 radical (unpaired) electrons. The molecule has 86 valence electrons. The van der Waals surface area contributed by atoms with Gasteiger partial charge in [-0.1, -0.05) is 12.1 Å². The summed E-state index contributed by atoms with van der Waals surface area (Å²) in [7, 11) is 0. The Balaban J connectivity index is 3.00. The number of amides is 1. The molecule has 1 aromatic carbocycles. The lowest BCUT2D eigenvalue weighted by molar-refractivity contribution is 0.168. The van der Waals surface area contributed by atoms with E-state index < -0.39 is 6.09 Å². The summed E-state index contributed by atoms with van der Waals surface area (Å²) in [6.45, 7) is 3.85. The van der Waals surface area contributed by atoms with Crippen molar-refractivity contribution in [2.75, 3.05) is 11.9 Å². The summed E-state index contributed by atoms with van der Waals surface area (Å²) in [5.74, 6) is -0.0788. The third kappa shape index (κ3) is 2.73. The zero-order valence-corrected chi connectivity index (χ0v) is 9.33. The zero-order chi connectivity index (χ0) is 12.1. The number of carbonyl (C=O) groups is 1. The molecule has 0 bridgehead atoms. The van der Waals surface area contributed by atoms with E-state index in [0.717, 1.165) is 5.56 Å². The van der Waals surface area contributed by atoms with Crippen LogP contribution in [0.3, 0.4) is 0 Å². The van der Waals surface area contributed by atoms with Crippen molar-refractivity contribution in [3.63, 3.8) is 0 Å². The summed E-state index contributed by atoms with van der Waals surface area (Å²) in [6.07, 6.45) is -0.546. The molecule has 0 saturated carbocycles. The number of nitrogens with one attached hydrogen (secondary N) is 2. The molecule has 0 aromatic heterocycles. The van der Waals surface area contributed by atoms with E-state index in [4.69, 9.17) is 15.9 Å². The number of aryl methyl sites for hydroxylation is 1. The first-order valence-electron chi connectivity index (χ1n) is 4.94. The van der Waals surface area contributed by atoms with E-state index in [9.17, 15) is 4.79 Å². The fraction of sp³-hybridized carbons (Fsp3) is 0.273. The number of benzene rings is 1. The van der Waals surface area contributed by atoms with Crippen LogP contribution in [0, 0.1) is 12.3 Å². The smallest absolute Gasteiger partial charge is 0.411 e. The number of hydrogen-bond donors (Lipinski definition) is 3. The zero-order valence-electron chi connectivity index (χ0n) is 9.33. The van der Waals surface area contributed by atoms with Crippen molar-refractivity contribution in [1.82, 2.24) is 0 Å². The second kappa shape index (κ2) is 5.16. The van der Waals surface area contributed by atoms with Gasteiger partial charge >= 0.3 is 6.09 Å². The van der Waals surface area contributed by atoms with E-state index in [0.29, 0.717) is 17.9 Å². The summed E-state index contributed by atoms with van der Waals surface area (Å²) < 4.78 is 4.76. The number of carbonyl (C=O) groups excluding carboxylic acids is 1. The van der Waals surface area contributed by atoms with Crippen LogP contribution < -0.4 is 11.1 Å². The predicted octanol–water partition coefficient (Wildman–Crippen LogP) is 1.85. The molecule has 1 aromatic rings. The Morgan fingerprint density at radius 2 is 2.25 bits per heavy atom. The largest absolute Gasteiger partial charge is 0.450 e.